The van der Waals surface area contributed by atoms with Crippen molar-refractivity contribution in [1.82, 2.24) is 0 Å². The van der Waals surface area contributed by atoms with Gasteiger partial charge < -0.3 is 10.2 Å². The Balaban J connectivity index is 3.13. The standard InChI is InChI=1S/C8H9N3O/c1-12-8-3-2-6(5-9)4-7(8)11-10/h2-4,11H,10H2,1H3. The van der Waals surface area contributed by atoms with E-state index >= 15 is 0 Å². The molecule has 0 amide bonds. The van der Waals surface area contributed by atoms with E-state index in [1.807, 2.05) is 6.07 Å². The van der Waals surface area contributed by atoms with E-state index < -0.39 is 0 Å². The first kappa shape index (κ1) is 8.37. The first-order chi connectivity index (χ1) is 5.81. The van der Waals surface area contributed by atoms with E-state index in [1.54, 1.807) is 25.3 Å². The van der Waals surface area contributed by atoms with Crippen molar-refractivity contribution in [2.45, 2.75) is 0 Å². The van der Waals surface area contributed by atoms with Gasteiger partial charge in [0.1, 0.15) is 5.75 Å². The molecule has 12 heavy (non-hydrogen) atoms. The van der Waals surface area contributed by atoms with Crippen LogP contribution in [0.1, 0.15) is 5.56 Å². The molecule has 0 aliphatic rings. The van der Waals surface area contributed by atoms with Crippen LogP contribution in [0.5, 0.6) is 5.75 Å². The fourth-order valence-corrected chi connectivity index (χ4v) is 0.890. The maximum Gasteiger partial charge on any atom is 0.143 e. The highest BCUT2D eigenvalue weighted by Gasteiger charge is 2.01. The van der Waals surface area contributed by atoms with E-state index in [1.165, 1.54) is 0 Å². The minimum Gasteiger partial charge on any atom is -0.495 e. The molecule has 62 valence electrons. The molecule has 0 aromatic heterocycles. The predicted molar refractivity (Wildman–Crippen MR) is 45.5 cm³/mol. The Kier molecular flexibility index (Phi) is 2.51. The highest BCUT2D eigenvalue weighted by molar-refractivity contribution is 5.59. The van der Waals surface area contributed by atoms with Crippen LogP contribution in [0.4, 0.5) is 5.69 Å². The summed E-state index contributed by atoms with van der Waals surface area (Å²) in [4.78, 5) is 0. The van der Waals surface area contributed by atoms with E-state index in [2.05, 4.69) is 5.43 Å². The monoisotopic (exact) mass is 163 g/mol. The Morgan fingerprint density at radius 2 is 2.33 bits per heavy atom. The summed E-state index contributed by atoms with van der Waals surface area (Å²) in [6.07, 6.45) is 0. The van der Waals surface area contributed by atoms with Crippen molar-refractivity contribution in [3.05, 3.63) is 23.8 Å². The molecule has 1 aromatic rings. The highest BCUT2D eigenvalue weighted by atomic mass is 16.5. The molecule has 0 heterocycles. The summed E-state index contributed by atoms with van der Waals surface area (Å²) in [5.41, 5.74) is 3.60. The molecule has 0 bridgehead atoms. The number of rotatable bonds is 2. The van der Waals surface area contributed by atoms with Gasteiger partial charge in [0.25, 0.3) is 0 Å². The number of hydrogen-bond acceptors (Lipinski definition) is 4. The second kappa shape index (κ2) is 3.60. The zero-order valence-corrected chi connectivity index (χ0v) is 6.66. The lowest BCUT2D eigenvalue weighted by Gasteiger charge is -2.06. The Morgan fingerprint density at radius 3 is 2.83 bits per heavy atom. The minimum atomic E-state index is 0.545. The van der Waals surface area contributed by atoms with Crippen LogP contribution in [0.3, 0.4) is 0 Å². The second-order valence-electron chi connectivity index (χ2n) is 2.17. The summed E-state index contributed by atoms with van der Waals surface area (Å²) in [6.45, 7) is 0. The molecule has 1 aromatic carbocycles. The van der Waals surface area contributed by atoms with Gasteiger partial charge in [-0.2, -0.15) is 5.26 Å². The number of nitriles is 1. The van der Waals surface area contributed by atoms with Crippen molar-refractivity contribution in [2.24, 2.45) is 5.84 Å². The van der Waals surface area contributed by atoms with Gasteiger partial charge in [0.05, 0.1) is 24.4 Å². The van der Waals surface area contributed by atoms with E-state index in [0.29, 0.717) is 17.0 Å². The fourth-order valence-electron chi connectivity index (χ4n) is 0.890. The summed E-state index contributed by atoms with van der Waals surface area (Å²) in [5.74, 6) is 5.83. The topological polar surface area (TPSA) is 71.1 Å². The summed E-state index contributed by atoms with van der Waals surface area (Å²) in [5, 5.41) is 8.56. The molecule has 3 N–H and O–H groups in total. The van der Waals surface area contributed by atoms with Crippen LogP contribution in [0, 0.1) is 11.3 Å². The first-order valence-corrected chi connectivity index (χ1v) is 3.36. The van der Waals surface area contributed by atoms with Crippen LogP contribution in [-0.4, -0.2) is 7.11 Å². The van der Waals surface area contributed by atoms with Crippen molar-refractivity contribution < 1.29 is 4.74 Å². The van der Waals surface area contributed by atoms with E-state index in [-0.39, 0.29) is 0 Å². The molecule has 0 atom stereocenters. The van der Waals surface area contributed by atoms with Crippen LogP contribution < -0.4 is 16.0 Å². The SMILES string of the molecule is COc1ccc(C#N)cc1NN. The number of hydrazine groups is 1. The van der Waals surface area contributed by atoms with Gasteiger partial charge in [0, 0.05) is 0 Å². The largest absolute Gasteiger partial charge is 0.495 e. The number of nitrogens with zero attached hydrogens (tertiary/aromatic N) is 1. The average Bonchev–Trinajstić information content (AvgIpc) is 2.16. The molecule has 0 saturated carbocycles. The molecule has 4 nitrogen and oxygen atoms in total. The van der Waals surface area contributed by atoms with Crippen molar-refractivity contribution in [3.8, 4) is 11.8 Å². The number of nitrogens with two attached hydrogens (primary N) is 1. The summed E-state index contributed by atoms with van der Waals surface area (Å²) in [6, 6.07) is 6.98. The third-order valence-corrected chi connectivity index (χ3v) is 1.48. The number of methoxy groups -OCH3 is 1. The van der Waals surface area contributed by atoms with Gasteiger partial charge in [-0.25, -0.2) is 0 Å². The molecular weight excluding hydrogens is 154 g/mol. The van der Waals surface area contributed by atoms with Crippen molar-refractivity contribution in [2.75, 3.05) is 12.5 Å². The van der Waals surface area contributed by atoms with Gasteiger partial charge in [0.15, 0.2) is 0 Å². The van der Waals surface area contributed by atoms with Gasteiger partial charge >= 0.3 is 0 Å². The third kappa shape index (κ3) is 1.47. The average molecular weight is 163 g/mol. The molecule has 1 rings (SSSR count). The minimum absolute atomic E-state index is 0.545. The summed E-state index contributed by atoms with van der Waals surface area (Å²) in [7, 11) is 1.54. The zero-order chi connectivity index (χ0) is 8.97. The molecule has 0 fully saturated rings. The molecule has 4 heteroatoms. The van der Waals surface area contributed by atoms with Gasteiger partial charge in [-0.3, -0.25) is 5.84 Å². The van der Waals surface area contributed by atoms with Crippen LogP contribution in [0.2, 0.25) is 0 Å². The van der Waals surface area contributed by atoms with Crippen LogP contribution >= 0.6 is 0 Å². The predicted octanol–water partition coefficient (Wildman–Crippen LogP) is 0.852. The maximum absolute atomic E-state index is 8.56. The fraction of sp³-hybridized carbons (Fsp3) is 0.125. The van der Waals surface area contributed by atoms with Crippen LogP contribution in [0.15, 0.2) is 18.2 Å². The van der Waals surface area contributed by atoms with Gasteiger partial charge in [-0.15, -0.1) is 0 Å². The lowest BCUT2D eigenvalue weighted by atomic mass is 10.2. The number of hydrogen-bond donors (Lipinski definition) is 2. The number of nitrogens with one attached hydrogen (secondary N) is 1. The van der Waals surface area contributed by atoms with Crippen molar-refractivity contribution in [3.63, 3.8) is 0 Å². The number of anilines is 1. The van der Waals surface area contributed by atoms with Crippen LogP contribution in [0.25, 0.3) is 0 Å². The van der Waals surface area contributed by atoms with Gasteiger partial charge in [-0.1, -0.05) is 0 Å². The summed E-state index contributed by atoms with van der Waals surface area (Å²) >= 11 is 0. The smallest absolute Gasteiger partial charge is 0.143 e. The maximum atomic E-state index is 8.56. The Labute approximate surface area is 70.5 Å². The molecule has 0 aliphatic carbocycles. The van der Waals surface area contributed by atoms with Crippen molar-refractivity contribution >= 4 is 5.69 Å². The molecule has 0 unspecified atom stereocenters. The first-order valence-electron chi connectivity index (χ1n) is 3.36. The number of nitrogen functional groups attached to an aromatic ring is 1. The molecule has 0 spiro atoms. The quantitative estimate of drug-likeness (QED) is 0.501. The summed E-state index contributed by atoms with van der Waals surface area (Å²) < 4.78 is 4.98. The molecule has 0 saturated heterocycles. The zero-order valence-electron chi connectivity index (χ0n) is 6.66. The Morgan fingerprint density at radius 1 is 1.58 bits per heavy atom. The van der Waals surface area contributed by atoms with E-state index in [9.17, 15) is 0 Å². The highest BCUT2D eigenvalue weighted by Crippen LogP contribution is 2.23. The van der Waals surface area contributed by atoms with E-state index in [0.717, 1.165) is 0 Å². The van der Waals surface area contributed by atoms with Gasteiger partial charge in [-0.05, 0) is 18.2 Å². The lowest BCUT2D eigenvalue weighted by Crippen LogP contribution is -2.08. The number of ether oxygens (including phenoxy) is 1. The van der Waals surface area contributed by atoms with Crippen molar-refractivity contribution in [1.29, 1.82) is 5.26 Å². The molecular formula is C8H9N3O. The third-order valence-electron chi connectivity index (χ3n) is 1.48. The molecule has 0 aliphatic heterocycles. The number of benzene rings is 1. The lowest BCUT2D eigenvalue weighted by molar-refractivity contribution is 0.416. The Hall–Kier alpha value is -1.73. The molecule has 0 radical (unpaired) electrons. The Bertz CT molecular complexity index is 317. The van der Waals surface area contributed by atoms with Crippen LogP contribution in [-0.2, 0) is 0 Å². The normalized spacial score (nSPS) is 8.75. The van der Waals surface area contributed by atoms with Gasteiger partial charge in [0.2, 0.25) is 0 Å². The second-order valence-corrected chi connectivity index (χ2v) is 2.17. The van der Waals surface area contributed by atoms with E-state index in [4.69, 9.17) is 15.8 Å².